The second-order valence-electron chi connectivity index (χ2n) is 4.57. The fourth-order valence-electron chi connectivity index (χ4n) is 2.01. The van der Waals surface area contributed by atoms with Crippen LogP contribution in [-0.4, -0.2) is 14.8 Å². The number of aromatic nitrogens is 3. The standard InChI is InChI=1S/C14H19BrN4/c1-4-12-14(15)13(19(3)18-12)9-17-10(2)11-6-5-7-16-8-11/h5-8,10,17H,4,9H2,1-3H3/t10-/m0/s1. The molecule has 0 radical (unpaired) electrons. The summed E-state index contributed by atoms with van der Waals surface area (Å²) in [4.78, 5) is 4.15. The average Bonchev–Trinajstić information content (AvgIpc) is 2.72. The van der Waals surface area contributed by atoms with Gasteiger partial charge in [-0.25, -0.2) is 0 Å². The Morgan fingerprint density at radius 2 is 2.26 bits per heavy atom. The van der Waals surface area contributed by atoms with Crippen molar-refractivity contribution in [1.82, 2.24) is 20.1 Å². The molecule has 0 bridgehead atoms. The number of hydrogen-bond donors (Lipinski definition) is 1. The van der Waals surface area contributed by atoms with Crippen LogP contribution in [0.4, 0.5) is 0 Å². The maximum atomic E-state index is 4.50. The molecule has 1 N–H and O–H groups in total. The summed E-state index contributed by atoms with van der Waals surface area (Å²) in [6.45, 7) is 5.03. The fourth-order valence-corrected chi connectivity index (χ4v) is 2.77. The first kappa shape index (κ1) is 14.2. The fraction of sp³-hybridized carbons (Fsp3) is 0.429. The van der Waals surface area contributed by atoms with Crippen LogP contribution in [0.5, 0.6) is 0 Å². The van der Waals surface area contributed by atoms with Crippen molar-refractivity contribution in [3.05, 3.63) is 46.0 Å². The summed E-state index contributed by atoms with van der Waals surface area (Å²) in [6, 6.07) is 4.31. The van der Waals surface area contributed by atoms with Gasteiger partial charge in [-0.1, -0.05) is 13.0 Å². The number of rotatable bonds is 5. The van der Waals surface area contributed by atoms with Crippen molar-refractivity contribution < 1.29 is 0 Å². The average molecular weight is 323 g/mol. The summed E-state index contributed by atoms with van der Waals surface area (Å²) in [5.41, 5.74) is 3.47. The van der Waals surface area contributed by atoms with Gasteiger partial charge in [0, 0.05) is 32.0 Å². The molecule has 0 unspecified atom stereocenters. The number of hydrogen-bond acceptors (Lipinski definition) is 3. The normalized spacial score (nSPS) is 12.6. The second-order valence-corrected chi connectivity index (χ2v) is 5.37. The van der Waals surface area contributed by atoms with E-state index in [0.717, 1.165) is 23.1 Å². The molecule has 0 fully saturated rings. The summed E-state index contributed by atoms with van der Waals surface area (Å²) in [6.07, 6.45) is 4.63. The molecule has 19 heavy (non-hydrogen) atoms. The molecule has 4 nitrogen and oxygen atoms in total. The summed E-state index contributed by atoms with van der Waals surface area (Å²) < 4.78 is 3.05. The quantitative estimate of drug-likeness (QED) is 0.920. The topological polar surface area (TPSA) is 42.7 Å². The van der Waals surface area contributed by atoms with Crippen LogP contribution in [0.2, 0.25) is 0 Å². The zero-order valence-electron chi connectivity index (χ0n) is 11.5. The molecule has 2 aromatic heterocycles. The van der Waals surface area contributed by atoms with Crippen LogP contribution in [0.15, 0.2) is 29.0 Å². The van der Waals surface area contributed by atoms with Gasteiger partial charge in [0.25, 0.3) is 0 Å². The van der Waals surface area contributed by atoms with Crippen LogP contribution in [0, 0.1) is 0 Å². The molecule has 0 aromatic carbocycles. The lowest BCUT2D eigenvalue weighted by molar-refractivity contribution is 0.545. The van der Waals surface area contributed by atoms with E-state index in [0.29, 0.717) is 0 Å². The van der Waals surface area contributed by atoms with E-state index in [2.05, 4.69) is 51.2 Å². The predicted octanol–water partition coefficient (Wildman–Crippen LogP) is 2.99. The third-order valence-electron chi connectivity index (χ3n) is 3.26. The molecule has 0 saturated carbocycles. The first-order chi connectivity index (χ1) is 9.13. The molecule has 0 amide bonds. The van der Waals surface area contributed by atoms with Crippen molar-refractivity contribution in [1.29, 1.82) is 0 Å². The van der Waals surface area contributed by atoms with Crippen LogP contribution in [0.1, 0.15) is 36.8 Å². The number of nitrogens with zero attached hydrogens (tertiary/aromatic N) is 3. The third-order valence-corrected chi connectivity index (χ3v) is 4.18. The van der Waals surface area contributed by atoms with Gasteiger partial charge in [-0.05, 0) is 40.9 Å². The second kappa shape index (κ2) is 6.30. The molecule has 2 heterocycles. The minimum absolute atomic E-state index is 0.264. The molecule has 2 rings (SSSR count). The lowest BCUT2D eigenvalue weighted by Gasteiger charge is -2.14. The van der Waals surface area contributed by atoms with E-state index in [-0.39, 0.29) is 6.04 Å². The van der Waals surface area contributed by atoms with Crippen molar-refractivity contribution in [3.63, 3.8) is 0 Å². The Kier molecular flexibility index (Phi) is 4.71. The highest BCUT2D eigenvalue weighted by molar-refractivity contribution is 9.10. The van der Waals surface area contributed by atoms with E-state index >= 15 is 0 Å². The zero-order valence-corrected chi connectivity index (χ0v) is 13.1. The summed E-state index contributed by atoms with van der Waals surface area (Å²) in [5, 5.41) is 8.00. The van der Waals surface area contributed by atoms with Gasteiger partial charge < -0.3 is 5.32 Å². The summed E-state index contributed by atoms with van der Waals surface area (Å²) >= 11 is 3.63. The Labute approximate surface area is 122 Å². The molecule has 1 atom stereocenters. The molecule has 102 valence electrons. The van der Waals surface area contributed by atoms with E-state index < -0.39 is 0 Å². The monoisotopic (exact) mass is 322 g/mol. The maximum absolute atomic E-state index is 4.50. The largest absolute Gasteiger partial charge is 0.304 e. The lowest BCUT2D eigenvalue weighted by Crippen LogP contribution is -2.20. The molecular weight excluding hydrogens is 304 g/mol. The zero-order chi connectivity index (χ0) is 13.8. The predicted molar refractivity (Wildman–Crippen MR) is 79.8 cm³/mol. The highest BCUT2D eigenvalue weighted by Crippen LogP contribution is 2.22. The van der Waals surface area contributed by atoms with Gasteiger partial charge in [0.15, 0.2) is 0 Å². The number of pyridine rings is 1. The molecule has 0 saturated heterocycles. The van der Waals surface area contributed by atoms with Crippen LogP contribution < -0.4 is 5.32 Å². The molecule has 0 spiro atoms. The minimum atomic E-state index is 0.264. The Morgan fingerprint density at radius 3 is 2.84 bits per heavy atom. The van der Waals surface area contributed by atoms with Crippen molar-refractivity contribution in [3.8, 4) is 0 Å². The highest BCUT2D eigenvalue weighted by Gasteiger charge is 2.13. The van der Waals surface area contributed by atoms with E-state index in [1.807, 2.05) is 24.0 Å². The molecule has 0 aliphatic carbocycles. The number of nitrogens with one attached hydrogen (secondary N) is 1. The highest BCUT2D eigenvalue weighted by atomic mass is 79.9. The van der Waals surface area contributed by atoms with Gasteiger partial charge in [-0.15, -0.1) is 0 Å². The first-order valence-electron chi connectivity index (χ1n) is 6.47. The van der Waals surface area contributed by atoms with Gasteiger partial charge >= 0.3 is 0 Å². The minimum Gasteiger partial charge on any atom is -0.304 e. The molecule has 0 aliphatic rings. The maximum Gasteiger partial charge on any atom is 0.0767 e. The van der Waals surface area contributed by atoms with Crippen LogP contribution >= 0.6 is 15.9 Å². The Balaban J connectivity index is 2.05. The Morgan fingerprint density at radius 1 is 1.47 bits per heavy atom. The van der Waals surface area contributed by atoms with Gasteiger partial charge in [0.1, 0.15) is 0 Å². The van der Waals surface area contributed by atoms with Gasteiger partial charge in [0.05, 0.1) is 15.9 Å². The van der Waals surface area contributed by atoms with Crippen molar-refractivity contribution in [2.24, 2.45) is 7.05 Å². The molecular formula is C14H19BrN4. The number of aryl methyl sites for hydroxylation is 2. The van der Waals surface area contributed by atoms with Crippen molar-refractivity contribution in [2.75, 3.05) is 0 Å². The Bertz CT molecular complexity index is 536. The SMILES string of the molecule is CCc1nn(C)c(CN[C@@H](C)c2cccnc2)c1Br. The van der Waals surface area contributed by atoms with Gasteiger partial charge in [-0.3, -0.25) is 9.67 Å². The van der Waals surface area contributed by atoms with Crippen molar-refractivity contribution in [2.45, 2.75) is 32.9 Å². The van der Waals surface area contributed by atoms with Gasteiger partial charge in [-0.2, -0.15) is 5.10 Å². The van der Waals surface area contributed by atoms with E-state index in [1.54, 1.807) is 6.20 Å². The van der Waals surface area contributed by atoms with E-state index in [4.69, 9.17) is 0 Å². The van der Waals surface area contributed by atoms with Gasteiger partial charge in [0.2, 0.25) is 0 Å². The smallest absolute Gasteiger partial charge is 0.0767 e. The van der Waals surface area contributed by atoms with E-state index in [9.17, 15) is 0 Å². The third kappa shape index (κ3) is 3.22. The van der Waals surface area contributed by atoms with Crippen molar-refractivity contribution >= 4 is 15.9 Å². The molecule has 5 heteroatoms. The Hall–Kier alpha value is -1.20. The first-order valence-corrected chi connectivity index (χ1v) is 7.26. The summed E-state index contributed by atoms with van der Waals surface area (Å²) in [7, 11) is 1.98. The number of halogens is 1. The summed E-state index contributed by atoms with van der Waals surface area (Å²) in [5.74, 6) is 0. The van der Waals surface area contributed by atoms with Crippen LogP contribution in [0.25, 0.3) is 0 Å². The van der Waals surface area contributed by atoms with Crippen LogP contribution in [-0.2, 0) is 20.0 Å². The van der Waals surface area contributed by atoms with Crippen LogP contribution in [0.3, 0.4) is 0 Å². The van der Waals surface area contributed by atoms with E-state index in [1.165, 1.54) is 11.3 Å². The lowest BCUT2D eigenvalue weighted by atomic mass is 10.1. The molecule has 0 aliphatic heterocycles. The molecule has 2 aromatic rings.